The summed E-state index contributed by atoms with van der Waals surface area (Å²) in [5.41, 5.74) is 0.286. The Morgan fingerprint density at radius 1 is 1.25 bits per heavy atom. The number of sulfone groups is 1. The fraction of sp³-hybridized carbons (Fsp3) is 0.400. The summed E-state index contributed by atoms with van der Waals surface area (Å²) in [7, 11) is -3.47. The number of carbonyl (C=O) groups excluding carboxylic acids is 1. The number of hydrogen-bond donors (Lipinski definition) is 1. The first-order chi connectivity index (χ1) is 11.4. The molecule has 1 amide bonds. The topological polar surface area (TPSA) is 102 Å². The normalized spacial score (nSPS) is 11.4. The van der Waals surface area contributed by atoms with E-state index in [4.69, 9.17) is 4.42 Å². The largest absolute Gasteiger partial charge is 0.413 e. The highest BCUT2D eigenvalue weighted by Crippen LogP contribution is 2.10. The molecule has 7 nitrogen and oxygen atoms in total. The number of aromatic nitrogens is 2. The maximum atomic E-state index is 13.0. The van der Waals surface area contributed by atoms with Crippen LogP contribution in [-0.2, 0) is 16.3 Å². The number of nitrogens with zero attached hydrogens (tertiary/aromatic N) is 2. The molecular formula is C15H18FN3O4S. The minimum absolute atomic E-state index is 0.277. The number of nitrogens with one attached hydrogen (secondary N) is 1. The van der Waals surface area contributed by atoms with Crippen molar-refractivity contribution < 1.29 is 22.0 Å². The number of hydrogen-bond acceptors (Lipinski definition) is 6. The fourth-order valence-electron chi connectivity index (χ4n) is 2.00. The molecular weight excluding hydrogens is 337 g/mol. The van der Waals surface area contributed by atoms with Crippen LogP contribution in [0.15, 0.2) is 33.9 Å². The molecule has 0 bridgehead atoms. The van der Waals surface area contributed by atoms with E-state index in [0.29, 0.717) is 13.0 Å². The van der Waals surface area contributed by atoms with Gasteiger partial charge in [0.25, 0.3) is 5.91 Å². The fourth-order valence-corrected chi connectivity index (χ4v) is 2.44. The lowest BCUT2D eigenvalue weighted by molar-refractivity contribution is 0.0952. The summed E-state index contributed by atoms with van der Waals surface area (Å²) in [4.78, 5) is 11.8. The Morgan fingerprint density at radius 2 is 2.04 bits per heavy atom. The number of amides is 1. The van der Waals surface area contributed by atoms with Crippen LogP contribution in [0.25, 0.3) is 0 Å². The monoisotopic (exact) mass is 355 g/mol. The first-order valence-corrected chi connectivity index (χ1v) is 9.31. The smallest absolute Gasteiger partial charge is 0.335 e. The molecule has 0 unspecified atom stereocenters. The maximum Gasteiger partial charge on any atom is 0.335 e. The number of unbranched alkanes of at least 4 members (excludes halogenated alkanes) is 2. The molecule has 130 valence electrons. The molecule has 0 atom stereocenters. The first-order valence-electron chi connectivity index (χ1n) is 7.42. The molecule has 0 radical (unpaired) electrons. The minimum Gasteiger partial charge on any atom is -0.413 e. The van der Waals surface area contributed by atoms with Crippen molar-refractivity contribution in [1.82, 2.24) is 15.5 Å². The Labute approximate surface area is 139 Å². The lowest BCUT2D eigenvalue weighted by Crippen LogP contribution is -2.24. The van der Waals surface area contributed by atoms with E-state index < -0.39 is 15.7 Å². The van der Waals surface area contributed by atoms with Crippen LogP contribution in [0.3, 0.4) is 0 Å². The molecule has 0 aliphatic heterocycles. The lowest BCUT2D eigenvalue weighted by atomic mass is 10.2. The predicted octanol–water partition coefficient (Wildman–Crippen LogP) is 1.75. The zero-order valence-electron chi connectivity index (χ0n) is 13.2. The third-order valence-electron chi connectivity index (χ3n) is 3.21. The highest BCUT2D eigenvalue weighted by Gasteiger charge is 2.16. The summed E-state index contributed by atoms with van der Waals surface area (Å²) < 4.78 is 40.5. The minimum atomic E-state index is -3.47. The molecule has 0 spiro atoms. The molecule has 0 aliphatic carbocycles. The van der Waals surface area contributed by atoms with Gasteiger partial charge in [-0.2, -0.15) is 0 Å². The van der Waals surface area contributed by atoms with Gasteiger partial charge in [-0.05, 0) is 31.0 Å². The van der Waals surface area contributed by atoms with Crippen LogP contribution in [-0.4, -0.2) is 37.3 Å². The lowest BCUT2D eigenvalue weighted by Gasteiger charge is -2.05. The van der Waals surface area contributed by atoms with E-state index in [2.05, 4.69) is 15.5 Å². The van der Waals surface area contributed by atoms with Gasteiger partial charge in [-0.15, -0.1) is 5.10 Å². The number of aryl methyl sites for hydroxylation is 1. The second-order valence-electron chi connectivity index (χ2n) is 5.31. The Morgan fingerprint density at radius 3 is 2.71 bits per heavy atom. The SMILES string of the molecule is CS(=O)(=O)c1nnc(CCCCCNC(=O)c2cccc(F)c2)o1. The summed E-state index contributed by atoms with van der Waals surface area (Å²) in [5.74, 6) is -0.487. The molecule has 0 saturated heterocycles. The van der Waals surface area contributed by atoms with E-state index in [9.17, 15) is 17.6 Å². The van der Waals surface area contributed by atoms with Crippen LogP contribution in [0.1, 0.15) is 35.5 Å². The third-order valence-corrected chi connectivity index (χ3v) is 4.00. The zero-order chi connectivity index (χ0) is 17.6. The number of halogens is 1. The maximum absolute atomic E-state index is 13.0. The van der Waals surface area contributed by atoms with Crippen LogP contribution in [0.2, 0.25) is 0 Å². The highest BCUT2D eigenvalue weighted by atomic mass is 32.2. The Balaban J connectivity index is 1.65. The second-order valence-corrected chi connectivity index (χ2v) is 7.20. The van der Waals surface area contributed by atoms with Gasteiger partial charge in [0.2, 0.25) is 15.7 Å². The van der Waals surface area contributed by atoms with Gasteiger partial charge in [-0.3, -0.25) is 4.79 Å². The number of benzene rings is 1. The van der Waals surface area contributed by atoms with Gasteiger partial charge < -0.3 is 9.73 Å². The summed E-state index contributed by atoms with van der Waals surface area (Å²) >= 11 is 0. The van der Waals surface area contributed by atoms with Crippen LogP contribution in [0, 0.1) is 5.82 Å². The summed E-state index contributed by atoms with van der Waals surface area (Å²) in [6.07, 6.45) is 3.72. The molecule has 24 heavy (non-hydrogen) atoms. The molecule has 0 saturated carbocycles. The van der Waals surface area contributed by atoms with Crippen molar-refractivity contribution in [2.45, 2.75) is 30.9 Å². The number of carbonyl (C=O) groups is 1. The van der Waals surface area contributed by atoms with E-state index in [1.165, 1.54) is 18.2 Å². The van der Waals surface area contributed by atoms with Gasteiger partial charge in [0, 0.05) is 24.8 Å². The molecule has 0 aliphatic rings. The van der Waals surface area contributed by atoms with Crippen molar-refractivity contribution in [1.29, 1.82) is 0 Å². The van der Waals surface area contributed by atoms with Gasteiger partial charge in [-0.25, -0.2) is 12.8 Å². The Bertz CT molecular complexity index is 805. The van der Waals surface area contributed by atoms with Gasteiger partial charge in [-0.1, -0.05) is 17.6 Å². The zero-order valence-corrected chi connectivity index (χ0v) is 14.0. The Kier molecular flexibility index (Phi) is 6.02. The Hall–Kier alpha value is -2.29. The van der Waals surface area contributed by atoms with Crippen LogP contribution in [0.5, 0.6) is 0 Å². The van der Waals surface area contributed by atoms with Crippen molar-refractivity contribution >= 4 is 15.7 Å². The summed E-state index contributed by atoms with van der Waals surface area (Å²) in [5, 5.41) is 9.49. The van der Waals surface area contributed by atoms with E-state index in [1.807, 2.05) is 0 Å². The van der Waals surface area contributed by atoms with Crippen LogP contribution in [0.4, 0.5) is 4.39 Å². The molecule has 1 N–H and O–H groups in total. The second kappa shape index (κ2) is 8.00. The standard InChI is InChI=1S/C15H18FN3O4S/c1-24(21,22)15-19-18-13(23-15)8-3-2-4-9-17-14(20)11-6-5-7-12(16)10-11/h5-7,10H,2-4,8-9H2,1H3,(H,17,20). The first kappa shape index (κ1) is 18.1. The van der Waals surface area contributed by atoms with Crippen molar-refractivity contribution in [3.8, 4) is 0 Å². The molecule has 2 aromatic rings. The van der Waals surface area contributed by atoms with Crippen LogP contribution >= 0.6 is 0 Å². The van der Waals surface area contributed by atoms with Crippen molar-refractivity contribution in [3.63, 3.8) is 0 Å². The van der Waals surface area contributed by atoms with Gasteiger partial charge in [0.1, 0.15) is 5.82 Å². The van der Waals surface area contributed by atoms with Gasteiger partial charge in [0.05, 0.1) is 0 Å². The van der Waals surface area contributed by atoms with Crippen molar-refractivity contribution in [2.75, 3.05) is 12.8 Å². The molecule has 1 aromatic carbocycles. The van der Waals surface area contributed by atoms with E-state index >= 15 is 0 Å². The van der Waals surface area contributed by atoms with E-state index in [0.717, 1.165) is 25.5 Å². The molecule has 2 rings (SSSR count). The average Bonchev–Trinajstić information content (AvgIpc) is 2.99. The average molecular weight is 355 g/mol. The van der Waals surface area contributed by atoms with Gasteiger partial charge in [0.15, 0.2) is 0 Å². The van der Waals surface area contributed by atoms with E-state index in [1.54, 1.807) is 6.07 Å². The van der Waals surface area contributed by atoms with E-state index in [-0.39, 0.29) is 22.6 Å². The molecule has 1 aromatic heterocycles. The quantitative estimate of drug-likeness (QED) is 0.724. The van der Waals surface area contributed by atoms with Crippen molar-refractivity contribution in [3.05, 3.63) is 41.5 Å². The van der Waals surface area contributed by atoms with Gasteiger partial charge >= 0.3 is 5.22 Å². The summed E-state index contributed by atoms with van der Waals surface area (Å²) in [6.45, 7) is 0.466. The predicted molar refractivity (Wildman–Crippen MR) is 83.7 cm³/mol. The molecule has 1 heterocycles. The highest BCUT2D eigenvalue weighted by molar-refractivity contribution is 7.90. The van der Waals surface area contributed by atoms with Crippen molar-refractivity contribution in [2.24, 2.45) is 0 Å². The summed E-state index contributed by atoms with van der Waals surface area (Å²) in [6, 6.07) is 5.50. The van der Waals surface area contributed by atoms with Crippen LogP contribution < -0.4 is 5.32 Å². The molecule has 0 fully saturated rings. The number of rotatable bonds is 8. The third kappa shape index (κ3) is 5.41. The molecule has 9 heteroatoms.